The second kappa shape index (κ2) is 11.8. The van der Waals surface area contributed by atoms with E-state index >= 15 is 0 Å². The van der Waals surface area contributed by atoms with Crippen molar-refractivity contribution in [3.8, 4) is 0 Å². The van der Waals surface area contributed by atoms with Crippen molar-refractivity contribution < 1.29 is 0 Å². The molecule has 24 heavy (non-hydrogen) atoms. The van der Waals surface area contributed by atoms with E-state index in [1.54, 1.807) is 29.4 Å². The molecule has 2 rings (SSSR count). The molecule has 2 heterocycles. The molecule has 0 atom stereocenters. The molecular weight excluding hydrogens is 378 g/mol. The lowest BCUT2D eigenvalue weighted by atomic mass is 10.4. The Morgan fingerprint density at radius 2 is 2.17 bits per heavy atom. The molecule has 0 bridgehead atoms. The van der Waals surface area contributed by atoms with Crippen LogP contribution in [0.1, 0.15) is 16.4 Å². The zero-order valence-electron chi connectivity index (χ0n) is 13.9. The lowest BCUT2D eigenvalue weighted by Gasteiger charge is -2.07. The summed E-state index contributed by atoms with van der Waals surface area (Å²) >= 11 is 7.16. The fourth-order valence-corrected chi connectivity index (χ4v) is 4.70. The van der Waals surface area contributed by atoms with Crippen LogP contribution in [0.5, 0.6) is 0 Å². The Bertz CT molecular complexity index is 597. The maximum absolute atomic E-state index is 4.63. The van der Waals surface area contributed by atoms with Gasteiger partial charge in [0.2, 0.25) is 0 Å². The highest BCUT2D eigenvalue weighted by atomic mass is 32.2. The number of nitrogens with one attached hydrogen (secondary N) is 2. The van der Waals surface area contributed by atoms with Gasteiger partial charge < -0.3 is 10.3 Å². The topological polar surface area (TPSA) is 66.0 Å². The molecule has 0 amide bonds. The Morgan fingerprint density at radius 1 is 1.29 bits per heavy atom. The Hall–Kier alpha value is -0.640. The largest absolute Gasteiger partial charge is 0.364 e. The fraction of sp³-hybridized carbons (Fsp3) is 0.533. The average Bonchev–Trinajstić information content (AvgIpc) is 3.24. The first-order valence-corrected chi connectivity index (χ1v) is 12.1. The van der Waals surface area contributed by atoms with Crippen molar-refractivity contribution in [3.05, 3.63) is 34.3 Å². The normalized spacial score (nSPS) is 11.8. The van der Waals surface area contributed by atoms with Crippen LogP contribution in [0.4, 0.5) is 0 Å². The van der Waals surface area contributed by atoms with E-state index in [9.17, 15) is 0 Å². The van der Waals surface area contributed by atoms with E-state index in [0.717, 1.165) is 52.7 Å². The molecule has 5 nitrogen and oxygen atoms in total. The van der Waals surface area contributed by atoms with Gasteiger partial charge >= 0.3 is 0 Å². The van der Waals surface area contributed by atoms with Crippen LogP contribution in [0.15, 0.2) is 22.9 Å². The molecule has 0 aromatic carbocycles. The number of aromatic amines is 1. The summed E-state index contributed by atoms with van der Waals surface area (Å²) in [5, 5.41) is 7.66. The summed E-state index contributed by atoms with van der Waals surface area (Å²) in [6.07, 6.45) is 5.68. The number of aromatic nitrogens is 3. The zero-order chi connectivity index (χ0) is 17.0. The van der Waals surface area contributed by atoms with E-state index in [1.165, 1.54) is 5.01 Å². The first-order valence-electron chi connectivity index (χ1n) is 7.64. The van der Waals surface area contributed by atoms with Crippen molar-refractivity contribution in [2.45, 2.75) is 18.4 Å². The second-order valence-electron chi connectivity index (χ2n) is 4.82. The van der Waals surface area contributed by atoms with Crippen LogP contribution in [0.2, 0.25) is 0 Å². The summed E-state index contributed by atoms with van der Waals surface area (Å²) in [6, 6.07) is 0. The van der Waals surface area contributed by atoms with Gasteiger partial charge in [0.05, 0.1) is 18.6 Å². The molecule has 0 aliphatic heterocycles. The Kier molecular flexibility index (Phi) is 9.71. The molecule has 0 unspecified atom stereocenters. The minimum absolute atomic E-state index is 0.846. The van der Waals surface area contributed by atoms with Crippen LogP contribution in [0, 0.1) is 6.92 Å². The fourth-order valence-electron chi connectivity index (χ4n) is 1.82. The molecule has 0 spiro atoms. The highest BCUT2D eigenvalue weighted by Crippen LogP contribution is 2.14. The predicted molar refractivity (Wildman–Crippen MR) is 112 cm³/mol. The highest BCUT2D eigenvalue weighted by molar-refractivity contribution is 8.13. The summed E-state index contributed by atoms with van der Waals surface area (Å²) < 4.78 is 0. The van der Waals surface area contributed by atoms with Gasteiger partial charge in [0.25, 0.3) is 0 Å². The Labute approximate surface area is 160 Å². The summed E-state index contributed by atoms with van der Waals surface area (Å²) in [7, 11) is 0. The molecule has 9 heteroatoms. The van der Waals surface area contributed by atoms with Gasteiger partial charge in [-0.1, -0.05) is 11.8 Å². The predicted octanol–water partition coefficient (Wildman–Crippen LogP) is 3.65. The van der Waals surface area contributed by atoms with Gasteiger partial charge in [-0.25, -0.2) is 9.97 Å². The summed E-state index contributed by atoms with van der Waals surface area (Å²) in [5.74, 6) is 4.01. The van der Waals surface area contributed by atoms with Crippen molar-refractivity contribution in [2.75, 3.05) is 30.9 Å². The van der Waals surface area contributed by atoms with E-state index in [-0.39, 0.29) is 0 Å². The number of thiazole rings is 1. The Balaban J connectivity index is 1.53. The van der Waals surface area contributed by atoms with Crippen molar-refractivity contribution in [2.24, 2.45) is 4.99 Å². The standard InChI is InChI=1S/C15H23N5S4/c1-12-13(20-11-19-12)9-22-6-3-17-15(21-2)18-4-7-23-10-14-16-5-8-24-14/h5,8,11H,3-4,6-7,9-10H2,1-2H3,(H,17,18)(H,19,20). The highest BCUT2D eigenvalue weighted by Gasteiger charge is 2.01. The third kappa shape index (κ3) is 7.50. The van der Waals surface area contributed by atoms with Gasteiger partial charge in [-0.3, -0.25) is 4.99 Å². The summed E-state index contributed by atoms with van der Waals surface area (Å²) in [6.45, 7) is 3.84. The number of aryl methyl sites for hydroxylation is 1. The number of amidine groups is 1. The molecule has 0 radical (unpaired) electrons. The van der Waals surface area contributed by atoms with Crippen molar-refractivity contribution in [1.29, 1.82) is 0 Å². The second-order valence-corrected chi connectivity index (χ2v) is 8.81. The van der Waals surface area contributed by atoms with Crippen LogP contribution in [-0.4, -0.2) is 51.0 Å². The Morgan fingerprint density at radius 3 is 2.88 bits per heavy atom. The lowest BCUT2D eigenvalue weighted by molar-refractivity contribution is 0.974. The number of aliphatic imine (C=N–C) groups is 1. The molecule has 0 saturated heterocycles. The SMILES string of the molecule is CSC(=NCCSCc1nccs1)NCCSCc1nc[nH]c1C. The third-order valence-electron chi connectivity index (χ3n) is 3.09. The van der Waals surface area contributed by atoms with Crippen molar-refractivity contribution in [1.82, 2.24) is 20.3 Å². The summed E-state index contributed by atoms with van der Waals surface area (Å²) in [5.41, 5.74) is 2.31. The zero-order valence-corrected chi connectivity index (χ0v) is 17.2. The van der Waals surface area contributed by atoms with Crippen LogP contribution in [0.25, 0.3) is 0 Å². The average molecular weight is 402 g/mol. The molecule has 2 aromatic rings. The van der Waals surface area contributed by atoms with Crippen molar-refractivity contribution >= 4 is 51.8 Å². The van der Waals surface area contributed by atoms with Crippen LogP contribution >= 0.6 is 46.6 Å². The lowest BCUT2D eigenvalue weighted by Crippen LogP contribution is -2.23. The van der Waals surface area contributed by atoms with Crippen LogP contribution in [-0.2, 0) is 11.5 Å². The summed E-state index contributed by atoms with van der Waals surface area (Å²) in [4.78, 5) is 16.3. The van der Waals surface area contributed by atoms with E-state index in [4.69, 9.17) is 0 Å². The number of imidazole rings is 1. The number of hydrogen-bond acceptors (Lipinski definition) is 7. The van der Waals surface area contributed by atoms with Crippen molar-refractivity contribution in [3.63, 3.8) is 0 Å². The smallest absolute Gasteiger partial charge is 0.156 e. The van der Waals surface area contributed by atoms with Gasteiger partial charge in [0.1, 0.15) is 5.01 Å². The molecule has 0 aliphatic carbocycles. The maximum atomic E-state index is 4.63. The number of thioether (sulfide) groups is 3. The molecule has 2 aromatic heterocycles. The molecule has 0 saturated carbocycles. The van der Waals surface area contributed by atoms with E-state index in [1.807, 2.05) is 35.1 Å². The first-order chi connectivity index (χ1) is 11.8. The van der Waals surface area contributed by atoms with Gasteiger partial charge in [-0.15, -0.1) is 11.3 Å². The van der Waals surface area contributed by atoms with E-state index in [2.05, 4.69) is 38.4 Å². The number of H-pyrrole nitrogens is 1. The maximum Gasteiger partial charge on any atom is 0.156 e. The van der Waals surface area contributed by atoms with E-state index < -0.39 is 0 Å². The van der Waals surface area contributed by atoms with Gasteiger partial charge in [0, 0.05) is 46.8 Å². The number of nitrogens with zero attached hydrogens (tertiary/aromatic N) is 3. The van der Waals surface area contributed by atoms with Crippen LogP contribution < -0.4 is 5.32 Å². The first kappa shape index (κ1) is 19.7. The van der Waals surface area contributed by atoms with Gasteiger partial charge in [-0.2, -0.15) is 23.5 Å². The van der Waals surface area contributed by atoms with Gasteiger partial charge in [0.15, 0.2) is 5.17 Å². The molecular formula is C15H23N5S4. The quantitative estimate of drug-likeness (QED) is 0.360. The number of hydrogen-bond donors (Lipinski definition) is 2. The molecule has 0 aliphatic rings. The molecule has 2 N–H and O–H groups in total. The minimum Gasteiger partial charge on any atom is -0.364 e. The molecule has 0 fully saturated rings. The van der Waals surface area contributed by atoms with Gasteiger partial charge in [-0.05, 0) is 13.2 Å². The molecule has 132 valence electrons. The van der Waals surface area contributed by atoms with Crippen LogP contribution in [0.3, 0.4) is 0 Å². The third-order valence-corrected chi connectivity index (χ3v) is 6.63. The monoisotopic (exact) mass is 401 g/mol. The minimum atomic E-state index is 0.846. The number of rotatable bonds is 10. The van der Waals surface area contributed by atoms with E-state index in [0.29, 0.717) is 0 Å².